The molecule has 1 aromatic carbocycles. The molecule has 0 atom stereocenters. The largest absolute Gasteiger partial charge is 0.491 e. The lowest BCUT2D eigenvalue weighted by Gasteiger charge is -2.10. The van der Waals surface area contributed by atoms with Crippen LogP contribution in [0.15, 0.2) is 29.6 Å². The zero-order valence-electron chi connectivity index (χ0n) is 12.3. The summed E-state index contributed by atoms with van der Waals surface area (Å²) < 4.78 is 10.2. The molecule has 0 bridgehead atoms. The first-order chi connectivity index (χ1) is 10.1. The van der Waals surface area contributed by atoms with Gasteiger partial charge < -0.3 is 14.8 Å². The van der Waals surface area contributed by atoms with Gasteiger partial charge in [0.2, 0.25) is 0 Å². The molecule has 1 N–H and O–H groups in total. The van der Waals surface area contributed by atoms with E-state index < -0.39 is 0 Å². The minimum absolute atomic E-state index is 0.156. The number of esters is 1. The number of carbonyl (C=O) groups excluding carboxylic acids is 1. The van der Waals surface area contributed by atoms with E-state index in [-0.39, 0.29) is 18.5 Å². The van der Waals surface area contributed by atoms with Crippen LogP contribution in [0.2, 0.25) is 0 Å². The minimum atomic E-state index is -0.290. The predicted octanol–water partition coefficient (Wildman–Crippen LogP) is 3.39. The van der Waals surface area contributed by atoms with Crippen molar-refractivity contribution in [1.82, 2.24) is 4.98 Å². The highest BCUT2D eigenvalue weighted by Crippen LogP contribution is 2.23. The lowest BCUT2D eigenvalue weighted by atomic mass is 10.3. The van der Waals surface area contributed by atoms with Crippen molar-refractivity contribution in [1.29, 1.82) is 0 Å². The molecule has 0 saturated carbocycles. The third-order valence-electron chi connectivity index (χ3n) is 2.58. The number of nitrogens with one attached hydrogen (secondary N) is 1. The Morgan fingerprint density at radius 3 is 2.67 bits per heavy atom. The molecule has 0 radical (unpaired) electrons. The fourth-order valence-electron chi connectivity index (χ4n) is 1.68. The summed E-state index contributed by atoms with van der Waals surface area (Å²) in [4.78, 5) is 15.5. The first kappa shape index (κ1) is 15.3. The molecule has 5 nitrogen and oxygen atoms in total. The Hall–Kier alpha value is -2.08. The van der Waals surface area contributed by atoms with Crippen molar-refractivity contribution in [2.24, 2.45) is 0 Å². The topological polar surface area (TPSA) is 60.5 Å². The van der Waals surface area contributed by atoms with Crippen LogP contribution < -0.4 is 10.1 Å². The second-order valence-electron chi connectivity index (χ2n) is 4.71. The van der Waals surface area contributed by atoms with Gasteiger partial charge in [0.05, 0.1) is 25.3 Å². The van der Waals surface area contributed by atoms with E-state index in [9.17, 15) is 4.79 Å². The first-order valence-corrected chi connectivity index (χ1v) is 7.49. The average molecular weight is 306 g/mol. The summed E-state index contributed by atoms with van der Waals surface area (Å²) >= 11 is 1.45. The van der Waals surface area contributed by atoms with Crippen molar-refractivity contribution in [2.45, 2.75) is 26.4 Å². The number of hydrogen-bond acceptors (Lipinski definition) is 6. The van der Waals surface area contributed by atoms with Gasteiger partial charge >= 0.3 is 5.97 Å². The number of hydrogen-bond donors (Lipinski definition) is 1. The molecule has 0 fully saturated rings. The minimum Gasteiger partial charge on any atom is -0.491 e. The number of ether oxygens (including phenoxy) is 2. The lowest BCUT2D eigenvalue weighted by Crippen LogP contribution is -2.05. The third-order valence-corrected chi connectivity index (χ3v) is 3.39. The molecule has 1 aromatic heterocycles. The van der Waals surface area contributed by atoms with Crippen LogP contribution in [0.3, 0.4) is 0 Å². The number of nitrogens with zero attached hydrogens (tertiary/aromatic N) is 1. The quantitative estimate of drug-likeness (QED) is 0.829. The fourth-order valence-corrected chi connectivity index (χ4v) is 2.41. The Morgan fingerprint density at radius 2 is 2.05 bits per heavy atom. The van der Waals surface area contributed by atoms with Crippen LogP contribution in [0, 0.1) is 0 Å². The monoisotopic (exact) mass is 306 g/mol. The summed E-state index contributed by atoms with van der Waals surface area (Å²) in [5, 5.41) is 5.78. The van der Waals surface area contributed by atoms with Crippen LogP contribution in [0.5, 0.6) is 5.75 Å². The van der Waals surface area contributed by atoms with E-state index in [2.05, 4.69) is 15.0 Å². The fraction of sp³-hybridized carbons (Fsp3) is 0.333. The molecular weight excluding hydrogens is 288 g/mol. The maximum Gasteiger partial charge on any atom is 0.311 e. The summed E-state index contributed by atoms with van der Waals surface area (Å²) in [6.07, 6.45) is 0.346. The summed E-state index contributed by atoms with van der Waals surface area (Å²) in [7, 11) is 1.37. The molecule has 0 aliphatic heterocycles. The first-order valence-electron chi connectivity index (χ1n) is 6.62. The highest BCUT2D eigenvalue weighted by Gasteiger charge is 2.08. The van der Waals surface area contributed by atoms with Gasteiger partial charge in [0.1, 0.15) is 5.75 Å². The standard InChI is InChI=1S/C15H18N2O3S/c1-10(2)20-13-6-4-11(5-7-13)16-15-17-12(9-21-15)8-14(18)19-3/h4-7,9-10H,8H2,1-3H3,(H,16,17). The Kier molecular flexibility index (Phi) is 5.16. The Morgan fingerprint density at radius 1 is 1.33 bits per heavy atom. The van der Waals surface area contributed by atoms with Crippen LogP contribution in [-0.2, 0) is 16.0 Å². The van der Waals surface area contributed by atoms with E-state index >= 15 is 0 Å². The van der Waals surface area contributed by atoms with Crippen molar-refractivity contribution < 1.29 is 14.3 Å². The zero-order chi connectivity index (χ0) is 15.2. The summed E-state index contributed by atoms with van der Waals surface area (Å²) in [5.74, 6) is 0.545. The van der Waals surface area contributed by atoms with Crippen LogP contribution in [0.25, 0.3) is 0 Å². The average Bonchev–Trinajstić information content (AvgIpc) is 2.87. The summed E-state index contributed by atoms with van der Waals surface area (Å²) in [5.41, 5.74) is 1.62. The number of anilines is 2. The van der Waals surface area contributed by atoms with Gasteiger partial charge in [0, 0.05) is 11.1 Å². The van der Waals surface area contributed by atoms with Gasteiger partial charge in [0.25, 0.3) is 0 Å². The normalized spacial score (nSPS) is 10.5. The molecule has 0 amide bonds. The van der Waals surface area contributed by atoms with Crippen LogP contribution >= 0.6 is 11.3 Å². The van der Waals surface area contributed by atoms with Gasteiger partial charge in [-0.05, 0) is 38.1 Å². The lowest BCUT2D eigenvalue weighted by molar-refractivity contribution is -0.139. The molecule has 0 aliphatic carbocycles. The van der Waals surface area contributed by atoms with E-state index in [0.717, 1.165) is 16.6 Å². The zero-order valence-corrected chi connectivity index (χ0v) is 13.1. The van der Waals surface area contributed by atoms with E-state index in [1.807, 2.05) is 43.5 Å². The van der Waals surface area contributed by atoms with Gasteiger partial charge in [-0.1, -0.05) is 0 Å². The van der Waals surface area contributed by atoms with Crippen molar-refractivity contribution in [2.75, 3.05) is 12.4 Å². The summed E-state index contributed by atoms with van der Waals surface area (Å²) in [6.45, 7) is 3.98. The molecule has 112 valence electrons. The molecule has 0 aliphatic rings. The van der Waals surface area contributed by atoms with E-state index in [0.29, 0.717) is 5.69 Å². The number of thiazole rings is 1. The van der Waals surface area contributed by atoms with Crippen molar-refractivity contribution in [3.8, 4) is 5.75 Å². The molecule has 2 rings (SSSR count). The van der Waals surface area contributed by atoms with Crippen molar-refractivity contribution >= 4 is 28.1 Å². The maximum absolute atomic E-state index is 11.2. The van der Waals surface area contributed by atoms with Crippen LogP contribution in [-0.4, -0.2) is 24.2 Å². The Bertz CT molecular complexity index is 593. The van der Waals surface area contributed by atoms with E-state index in [1.165, 1.54) is 18.4 Å². The van der Waals surface area contributed by atoms with Gasteiger partial charge in [-0.3, -0.25) is 4.79 Å². The van der Waals surface area contributed by atoms with Crippen molar-refractivity contribution in [3.05, 3.63) is 35.3 Å². The molecule has 6 heteroatoms. The number of rotatable bonds is 6. The van der Waals surface area contributed by atoms with Crippen LogP contribution in [0.1, 0.15) is 19.5 Å². The molecule has 2 aromatic rings. The molecule has 0 saturated heterocycles. The number of benzene rings is 1. The summed E-state index contributed by atoms with van der Waals surface area (Å²) in [6, 6.07) is 7.68. The van der Waals surface area contributed by atoms with E-state index in [1.54, 1.807) is 0 Å². The number of carbonyl (C=O) groups is 1. The Balaban J connectivity index is 1.96. The second-order valence-corrected chi connectivity index (χ2v) is 5.57. The van der Waals surface area contributed by atoms with Crippen molar-refractivity contribution in [3.63, 3.8) is 0 Å². The molecule has 0 unspecified atom stereocenters. The van der Waals surface area contributed by atoms with E-state index in [4.69, 9.17) is 4.74 Å². The smallest absolute Gasteiger partial charge is 0.311 e. The molecule has 1 heterocycles. The Labute approximate surface area is 127 Å². The highest BCUT2D eigenvalue weighted by molar-refractivity contribution is 7.13. The molecule has 0 spiro atoms. The maximum atomic E-state index is 11.2. The van der Waals surface area contributed by atoms with Gasteiger partial charge in [-0.2, -0.15) is 0 Å². The highest BCUT2D eigenvalue weighted by atomic mass is 32.1. The van der Waals surface area contributed by atoms with Gasteiger partial charge in [0.15, 0.2) is 5.13 Å². The second kappa shape index (κ2) is 7.08. The molecular formula is C15H18N2O3S. The number of aromatic nitrogens is 1. The van der Waals surface area contributed by atoms with Gasteiger partial charge in [-0.25, -0.2) is 4.98 Å². The van der Waals surface area contributed by atoms with Crippen LogP contribution in [0.4, 0.5) is 10.8 Å². The van der Waals surface area contributed by atoms with Gasteiger partial charge in [-0.15, -0.1) is 11.3 Å². The SMILES string of the molecule is COC(=O)Cc1csc(Nc2ccc(OC(C)C)cc2)n1. The predicted molar refractivity (Wildman–Crippen MR) is 83.3 cm³/mol. The number of methoxy groups -OCH3 is 1. The molecule has 21 heavy (non-hydrogen) atoms. The third kappa shape index (κ3) is 4.75.